The Labute approximate surface area is 216 Å². The maximum Gasteiger partial charge on any atom is 0.407 e. The molecule has 0 radical (unpaired) electrons. The van der Waals surface area contributed by atoms with E-state index in [9.17, 15) is 9.90 Å². The van der Waals surface area contributed by atoms with Gasteiger partial charge in [-0.25, -0.2) is 4.79 Å². The second-order valence-electron chi connectivity index (χ2n) is 8.46. The molecule has 0 spiro atoms. The minimum absolute atomic E-state index is 0.00236. The van der Waals surface area contributed by atoms with Crippen molar-refractivity contribution in [3.05, 3.63) is 114 Å². The molecule has 0 aliphatic carbocycles. The molecule has 1 amide bonds. The zero-order chi connectivity index (χ0) is 25.2. The van der Waals surface area contributed by atoms with Gasteiger partial charge in [-0.2, -0.15) is 0 Å². The number of carbonyl (C=O) groups is 1. The van der Waals surface area contributed by atoms with Crippen LogP contribution in [0.5, 0.6) is 0 Å². The van der Waals surface area contributed by atoms with Crippen LogP contribution in [0.1, 0.15) is 41.1 Å². The van der Waals surface area contributed by atoms with Crippen molar-refractivity contribution >= 4 is 17.9 Å². The summed E-state index contributed by atoms with van der Waals surface area (Å²) in [7, 11) is 0. The van der Waals surface area contributed by atoms with Crippen LogP contribution >= 0.6 is 11.8 Å². The van der Waals surface area contributed by atoms with Crippen LogP contribution in [-0.2, 0) is 27.4 Å². The van der Waals surface area contributed by atoms with Crippen molar-refractivity contribution in [2.75, 3.05) is 12.4 Å². The van der Waals surface area contributed by atoms with E-state index in [-0.39, 0.29) is 25.4 Å². The molecule has 1 heterocycles. The Bertz CT molecular complexity index is 1100. The number of rotatable bonds is 10. The van der Waals surface area contributed by atoms with Gasteiger partial charge in [0, 0.05) is 29.2 Å². The van der Waals surface area contributed by atoms with Crippen LogP contribution in [-0.4, -0.2) is 29.7 Å². The molecule has 0 aromatic heterocycles. The van der Waals surface area contributed by atoms with Crippen LogP contribution in [0.15, 0.2) is 96.4 Å². The third-order valence-corrected chi connectivity index (χ3v) is 6.96. The molecule has 1 fully saturated rings. The van der Waals surface area contributed by atoms with E-state index in [0.29, 0.717) is 6.54 Å². The van der Waals surface area contributed by atoms with Gasteiger partial charge in [0.1, 0.15) is 6.61 Å². The highest BCUT2D eigenvalue weighted by Crippen LogP contribution is 2.39. The molecule has 3 aromatic carbocycles. The molecule has 3 atom stereocenters. The van der Waals surface area contributed by atoms with Gasteiger partial charge in [-0.05, 0) is 28.8 Å². The molecular weight excluding hydrogens is 474 g/mol. The van der Waals surface area contributed by atoms with Gasteiger partial charge in [0.2, 0.25) is 0 Å². The highest BCUT2D eigenvalue weighted by atomic mass is 32.2. The lowest BCUT2D eigenvalue weighted by Crippen LogP contribution is -2.31. The molecule has 0 bridgehead atoms. The molecule has 7 heteroatoms. The molecule has 0 unspecified atom stereocenters. The summed E-state index contributed by atoms with van der Waals surface area (Å²) in [5.74, 6) is 0.809. The molecule has 1 aliphatic rings. The number of aliphatic hydroxyl groups is 1. The monoisotopic (exact) mass is 505 g/mol. The van der Waals surface area contributed by atoms with E-state index in [1.165, 1.54) is 11.0 Å². The Morgan fingerprint density at radius 1 is 1.00 bits per heavy atom. The van der Waals surface area contributed by atoms with Gasteiger partial charge in [0.15, 0.2) is 6.29 Å². The lowest BCUT2D eigenvalue weighted by atomic mass is 10.0. The topological polar surface area (TPSA) is 77.0 Å². The number of hydrogen-bond donors (Lipinski definition) is 2. The van der Waals surface area contributed by atoms with Crippen LogP contribution in [0.25, 0.3) is 0 Å². The van der Waals surface area contributed by atoms with Crippen LogP contribution in [0.2, 0.25) is 0 Å². The molecule has 4 rings (SSSR count). The lowest BCUT2D eigenvalue weighted by molar-refractivity contribution is -0.245. The van der Waals surface area contributed by atoms with Crippen LogP contribution in [0.3, 0.4) is 0 Å². The minimum atomic E-state index is -0.512. The van der Waals surface area contributed by atoms with Gasteiger partial charge < -0.3 is 24.6 Å². The highest BCUT2D eigenvalue weighted by molar-refractivity contribution is 7.99. The first-order chi connectivity index (χ1) is 17.6. The Hall–Kier alpha value is -3.10. The Morgan fingerprint density at radius 3 is 2.39 bits per heavy atom. The number of amides is 1. The summed E-state index contributed by atoms with van der Waals surface area (Å²) in [5, 5.41) is 12.1. The van der Waals surface area contributed by atoms with Gasteiger partial charge in [0.25, 0.3) is 0 Å². The first kappa shape index (κ1) is 26.0. The normalized spacial score (nSPS) is 19.4. The zero-order valence-corrected chi connectivity index (χ0v) is 20.9. The van der Waals surface area contributed by atoms with E-state index in [1.807, 2.05) is 66.7 Å². The smallest absolute Gasteiger partial charge is 0.407 e. The maximum absolute atomic E-state index is 11.7. The van der Waals surface area contributed by atoms with Crippen LogP contribution in [0, 0.1) is 0 Å². The quantitative estimate of drug-likeness (QED) is 0.263. The van der Waals surface area contributed by atoms with E-state index < -0.39 is 12.4 Å². The molecule has 6 nitrogen and oxygen atoms in total. The third kappa shape index (κ3) is 7.45. The van der Waals surface area contributed by atoms with Gasteiger partial charge in [-0.3, -0.25) is 0 Å². The van der Waals surface area contributed by atoms with Crippen molar-refractivity contribution in [1.82, 2.24) is 5.32 Å². The summed E-state index contributed by atoms with van der Waals surface area (Å²) in [5.41, 5.74) is 3.79. The molecule has 3 aromatic rings. The van der Waals surface area contributed by atoms with Gasteiger partial charge in [-0.15, -0.1) is 11.8 Å². The van der Waals surface area contributed by atoms with Gasteiger partial charge in [-0.1, -0.05) is 79.4 Å². The van der Waals surface area contributed by atoms with E-state index in [1.54, 1.807) is 11.8 Å². The SMILES string of the molecule is C=CCOC(=O)NCc1ccc([C@H]2O[C@@H](CSc3ccccc3)C[C@@H](c3ccc(CO)cc3)O2)cc1. The van der Waals surface area contributed by atoms with E-state index in [2.05, 4.69) is 24.0 Å². The fraction of sp³-hybridized carbons (Fsp3) is 0.276. The summed E-state index contributed by atoms with van der Waals surface area (Å²) in [6, 6.07) is 26.0. The van der Waals surface area contributed by atoms with Crippen LogP contribution in [0.4, 0.5) is 4.79 Å². The van der Waals surface area contributed by atoms with E-state index >= 15 is 0 Å². The molecule has 2 N–H and O–H groups in total. The number of aliphatic hydroxyl groups excluding tert-OH is 1. The van der Waals surface area contributed by atoms with Crippen molar-refractivity contribution in [3.63, 3.8) is 0 Å². The summed E-state index contributed by atoms with van der Waals surface area (Å²) in [4.78, 5) is 12.9. The van der Waals surface area contributed by atoms with Gasteiger partial charge in [0.05, 0.1) is 18.8 Å². The summed E-state index contributed by atoms with van der Waals surface area (Å²) < 4.78 is 17.7. The van der Waals surface area contributed by atoms with E-state index in [4.69, 9.17) is 14.2 Å². The molecule has 0 saturated carbocycles. The summed E-state index contributed by atoms with van der Waals surface area (Å²) in [6.45, 7) is 4.08. The Balaban J connectivity index is 1.44. The molecule has 1 aliphatic heterocycles. The Morgan fingerprint density at radius 2 is 1.69 bits per heavy atom. The fourth-order valence-corrected chi connectivity index (χ4v) is 4.82. The zero-order valence-electron chi connectivity index (χ0n) is 20.0. The average molecular weight is 506 g/mol. The van der Waals surface area contributed by atoms with Crippen molar-refractivity contribution in [1.29, 1.82) is 0 Å². The number of thioether (sulfide) groups is 1. The Kier molecular flexibility index (Phi) is 9.58. The number of ether oxygens (including phenoxy) is 3. The maximum atomic E-state index is 11.7. The van der Waals surface area contributed by atoms with Crippen molar-refractivity contribution in [3.8, 4) is 0 Å². The van der Waals surface area contributed by atoms with Crippen LogP contribution < -0.4 is 5.32 Å². The summed E-state index contributed by atoms with van der Waals surface area (Å²) in [6.07, 6.45) is 1.15. The largest absolute Gasteiger partial charge is 0.445 e. The van der Waals surface area contributed by atoms with Crippen molar-refractivity contribution < 1.29 is 24.1 Å². The number of benzene rings is 3. The number of carbonyl (C=O) groups excluding carboxylic acids is 1. The number of nitrogens with one attached hydrogen (secondary N) is 1. The molecule has 36 heavy (non-hydrogen) atoms. The predicted molar refractivity (Wildman–Crippen MR) is 140 cm³/mol. The summed E-state index contributed by atoms with van der Waals surface area (Å²) >= 11 is 1.77. The first-order valence-electron chi connectivity index (χ1n) is 11.9. The fourth-order valence-electron chi connectivity index (χ4n) is 3.88. The van der Waals surface area contributed by atoms with Crippen molar-refractivity contribution in [2.45, 2.75) is 43.0 Å². The molecular formula is C29H31NO5S. The highest BCUT2D eigenvalue weighted by Gasteiger charge is 2.32. The second kappa shape index (κ2) is 13.3. The average Bonchev–Trinajstić information content (AvgIpc) is 2.94. The van der Waals surface area contributed by atoms with Crippen molar-refractivity contribution in [2.24, 2.45) is 0 Å². The minimum Gasteiger partial charge on any atom is -0.445 e. The second-order valence-corrected chi connectivity index (χ2v) is 9.55. The number of hydrogen-bond acceptors (Lipinski definition) is 6. The van der Waals surface area contributed by atoms with E-state index in [0.717, 1.165) is 34.4 Å². The first-order valence-corrected chi connectivity index (χ1v) is 12.9. The molecule has 188 valence electrons. The lowest BCUT2D eigenvalue weighted by Gasteiger charge is -2.36. The predicted octanol–water partition coefficient (Wildman–Crippen LogP) is 5.93. The standard InChI is InChI=1S/C29H31NO5S/c1-2-16-33-29(32)30-18-21-8-14-24(15-9-21)28-34-25(20-36-26-6-4-3-5-7-26)17-27(35-28)23-12-10-22(19-31)11-13-23/h2-15,25,27-28,31H,1,16-20H2,(H,30,32)/t25-,27+,28+/m1/s1. The van der Waals surface area contributed by atoms with Gasteiger partial charge >= 0.3 is 6.09 Å². The third-order valence-electron chi connectivity index (χ3n) is 5.82. The number of alkyl carbamates (subject to hydrolysis) is 1. The molecule has 1 saturated heterocycles.